The smallest absolute Gasteiger partial charge is 0.235 e. The maximum Gasteiger partial charge on any atom is 0.235 e. The lowest BCUT2D eigenvalue weighted by Crippen LogP contribution is -1.99. The molecule has 1 aromatic carbocycles. The Bertz CT molecular complexity index is 1090. The second-order valence-corrected chi connectivity index (χ2v) is 7.45. The van der Waals surface area contributed by atoms with Gasteiger partial charge in [-0.15, -0.1) is 10.2 Å². The van der Waals surface area contributed by atoms with Crippen LogP contribution < -0.4 is 0 Å². The van der Waals surface area contributed by atoms with Gasteiger partial charge < -0.3 is 0 Å². The normalized spacial score (nSPS) is 11.8. The van der Waals surface area contributed by atoms with Gasteiger partial charge in [0.05, 0.1) is 11.3 Å². The number of hydrogen-bond donors (Lipinski definition) is 0. The van der Waals surface area contributed by atoms with E-state index in [1.165, 1.54) is 0 Å². The van der Waals surface area contributed by atoms with E-state index in [1.807, 2.05) is 13.1 Å². The van der Waals surface area contributed by atoms with E-state index < -0.39 is 11.6 Å². The Morgan fingerprint density at radius 3 is 2.69 bits per heavy atom. The summed E-state index contributed by atoms with van der Waals surface area (Å²) in [6.07, 6.45) is 0.854. The van der Waals surface area contributed by atoms with Crippen LogP contribution in [0, 0.1) is 17.6 Å². The molecule has 0 N–H and O–H groups in total. The number of rotatable bonds is 4. The highest BCUT2D eigenvalue weighted by Crippen LogP contribution is 2.30. The number of aromatic nitrogens is 6. The van der Waals surface area contributed by atoms with Gasteiger partial charge in [0.2, 0.25) is 10.8 Å². The third-order valence-electron chi connectivity index (χ3n) is 3.93. The summed E-state index contributed by atoms with van der Waals surface area (Å²) in [6, 6.07) is 5.26. The predicted molar refractivity (Wildman–Crippen MR) is 94.8 cm³/mol. The van der Waals surface area contributed by atoms with E-state index in [-0.39, 0.29) is 5.56 Å². The van der Waals surface area contributed by atoms with Gasteiger partial charge in [-0.05, 0) is 36.6 Å². The minimum Gasteiger partial charge on any atom is -0.264 e. The van der Waals surface area contributed by atoms with Gasteiger partial charge in [0, 0.05) is 7.05 Å². The van der Waals surface area contributed by atoms with E-state index >= 15 is 0 Å². The number of nitrogens with zero attached hydrogens (tertiary/aromatic N) is 6. The summed E-state index contributed by atoms with van der Waals surface area (Å²) in [5.74, 6) is -0.0440. The number of hydrogen-bond acceptors (Lipinski definition) is 5. The highest BCUT2D eigenvalue weighted by molar-refractivity contribution is 7.19. The quantitative estimate of drug-likeness (QED) is 0.546. The Hall–Kier alpha value is -2.68. The van der Waals surface area contributed by atoms with Gasteiger partial charge in [-0.3, -0.25) is 4.68 Å². The molecule has 3 aromatic heterocycles. The van der Waals surface area contributed by atoms with E-state index in [1.54, 1.807) is 9.20 Å². The van der Waals surface area contributed by atoms with Crippen molar-refractivity contribution in [2.75, 3.05) is 0 Å². The Kier molecular flexibility index (Phi) is 4.03. The highest BCUT2D eigenvalue weighted by atomic mass is 32.1. The molecule has 0 aliphatic carbocycles. The zero-order valence-electron chi connectivity index (χ0n) is 14.4. The first-order valence-corrected chi connectivity index (χ1v) is 8.95. The first-order valence-electron chi connectivity index (χ1n) is 8.13. The first-order chi connectivity index (χ1) is 12.4. The van der Waals surface area contributed by atoms with Gasteiger partial charge in [-0.2, -0.15) is 14.7 Å². The van der Waals surface area contributed by atoms with Crippen molar-refractivity contribution < 1.29 is 8.78 Å². The number of fused-ring (bicyclic) bond motifs is 1. The SMILES string of the molecule is CC(C)Cc1cc(-c2nnc3sc(-c4cc(F)ccc4F)nn23)n(C)n1. The summed E-state index contributed by atoms with van der Waals surface area (Å²) in [6.45, 7) is 4.26. The average Bonchev–Trinajstić information content (AvgIpc) is 3.23. The van der Waals surface area contributed by atoms with E-state index in [0.717, 1.165) is 47.3 Å². The predicted octanol–water partition coefficient (Wildman–Crippen LogP) is 3.73. The molecule has 0 aliphatic rings. The Labute approximate surface area is 152 Å². The summed E-state index contributed by atoms with van der Waals surface area (Å²) in [5, 5.41) is 17.5. The fourth-order valence-electron chi connectivity index (χ4n) is 2.80. The molecule has 0 unspecified atom stereocenters. The van der Waals surface area contributed by atoms with E-state index in [0.29, 0.717) is 21.7 Å². The molecule has 134 valence electrons. The fraction of sp³-hybridized carbons (Fsp3) is 0.294. The second kappa shape index (κ2) is 6.24. The van der Waals surface area contributed by atoms with Crippen molar-refractivity contribution in [2.45, 2.75) is 20.3 Å². The second-order valence-electron chi connectivity index (χ2n) is 6.49. The largest absolute Gasteiger partial charge is 0.264 e. The van der Waals surface area contributed by atoms with Crippen molar-refractivity contribution in [1.29, 1.82) is 0 Å². The Morgan fingerprint density at radius 2 is 1.92 bits per heavy atom. The minimum absolute atomic E-state index is 0.108. The molecule has 0 saturated heterocycles. The van der Waals surface area contributed by atoms with Crippen molar-refractivity contribution in [3.05, 3.63) is 41.6 Å². The molecule has 3 heterocycles. The molecule has 9 heteroatoms. The van der Waals surface area contributed by atoms with E-state index in [4.69, 9.17) is 0 Å². The van der Waals surface area contributed by atoms with Crippen LogP contribution in [0.1, 0.15) is 19.5 Å². The van der Waals surface area contributed by atoms with Crippen LogP contribution in [0.2, 0.25) is 0 Å². The lowest BCUT2D eigenvalue weighted by molar-refractivity contribution is 0.603. The highest BCUT2D eigenvalue weighted by Gasteiger charge is 2.20. The maximum absolute atomic E-state index is 14.0. The van der Waals surface area contributed by atoms with Gasteiger partial charge in [-0.25, -0.2) is 8.78 Å². The van der Waals surface area contributed by atoms with Crippen molar-refractivity contribution in [2.24, 2.45) is 13.0 Å². The minimum atomic E-state index is -0.530. The zero-order valence-corrected chi connectivity index (χ0v) is 15.3. The molecule has 0 bridgehead atoms. The molecular formula is C17H16F2N6S. The van der Waals surface area contributed by atoms with Gasteiger partial charge in [0.1, 0.15) is 17.3 Å². The summed E-state index contributed by atoms with van der Waals surface area (Å²) < 4.78 is 30.8. The summed E-state index contributed by atoms with van der Waals surface area (Å²) in [7, 11) is 1.83. The lowest BCUT2D eigenvalue weighted by Gasteiger charge is -1.99. The molecule has 0 atom stereocenters. The molecule has 0 spiro atoms. The van der Waals surface area contributed by atoms with Crippen LogP contribution >= 0.6 is 11.3 Å². The first kappa shape index (κ1) is 16.8. The van der Waals surface area contributed by atoms with Crippen molar-refractivity contribution in [1.82, 2.24) is 29.6 Å². The summed E-state index contributed by atoms with van der Waals surface area (Å²) >= 11 is 1.15. The van der Waals surface area contributed by atoms with Crippen LogP contribution in [0.15, 0.2) is 24.3 Å². The average molecular weight is 374 g/mol. The third-order valence-corrected chi connectivity index (χ3v) is 4.86. The van der Waals surface area contributed by atoms with Crippen LogP contribution in [-0.2, 0) is 13.5 Å². The Morgan fingerprint density at radius 1 is 1.12 bits per heavy atom. The molecule has 0 radical (unpaired) electrons. The topological polar surface area (TPSA) is 60.9 Å². The molecule has 26 heavy (non-hydrogen) atoms. The number of halogens is 2. The van der Waals surface area contributed by atoms with E-state index in [9.17, 15) is 8.78 Å². The van der Waals surface area contributed by atoms with Gasteiger partial charge >= 0.3 is 0 Å². The van der Waals surface area contributed by atoms with Crippen molar-refractivity contribution in [3.63, 3.8) is 0 Å². The lowest BCUT2D eigenvalue weighted by atomic mass is 10.1. The molecule has 4 aromatic rings. The molecular weight excluding hydrogens is 358 g/mol. The summed E-state index contributed by atoms with van der Waals surface area (Å²) in [5.41, 5.74) is 1.84. The monoisotopic (exact) mass is 374 g/mol. The molecule has 0 aliphatic heterocycles. The molecule has 6 nitrogen and oxygen atoms in total. The fourth-order valence-corrected chi connectivity index (χ4v) is 3.66. The molecule has 0 fully saturated rings. The number of aryl methyl sites for hydroxylation is 1. The molecule has 4 rings (SSSR count). The van der Waals surface area contributed by atoms with Crippen molar-refractivity contribution >= 4 is 16.3 Å². The van der Waals surface area contributed by atoms with Gasteiger partial charge in [-0.1, -0.05) is 25.2 Å². The standard InChI is InChI=1S/C17H16F2N6S/c1-9(2)6-11-8-14(24(3)22-11)15-20-21-17-25(15)23-16(26-17)12-7-10(18)4-5-13(12)19/h4-5,7-9H,6H2,1-3H3. The van der Waals surface area contributed by atoms with Crippen LogP contribution in [0.5, 0.6) is 0 Å². The number of benzene rings is 1. The van der Waals surface area contributed by atoms with Crippen LogP contribution in [0.25, 0.3) is 27.1 Å². The Balaban J connectivity index is 1.80. The summed E-state index contributed by atoms with van der Waals surface area (Å²) in [4.78, 5) is 0.505. The van der Waals surface area contributed by atoms with E-state index in [2.05, 4.69) is 34.2 Å². The van der Waals surface area contributed by atoms with Crippen molar-refractivity contribution in [3.8, 4) is 22.1 Å². The van der Waals surface area contributed by atoms with Crippen LogP contribution in [0.4, 0.5) is 8.78 Å². The molecule has 0 amide bonds. The zero-order chi connectivity index (χ0) is 18.4. The third kappa shape index (κ3) is 2.88. The van der Waals surface area contributed by atoms with Crippen LogP contribution in [0.3, 0.4) is 0 Å². The maximum atomic E-state index is 14.0. The molecule has 0 saturated carbocycles. The van der Waals surface area contributed by atoms with Crippen LogP contribution in [-0.4, -0.2) is 29.6 Å². The van der Waals surface area contributed by atoms with Gasteiger partial charge in [0.25, 0.3) is 0 Å². The van der Waals surface area contributed by atoms with Gasteiger partial charge in [0.15, 0.2) is 5.01 Å².